The third kappa shape index (κ3) is 3.67. The van der Waals surface area contributed by atoms with Crippen molar-refractivity contribution in [2.24, 2.45) is 0 Å². The van der Waals surface area contributed by atoms with Crippen LogP contribution in [0.5, 0.6) is 0 Å². The maximum Gasteiger partial charge on any atom is 0.287 e. The van der Waals surface area contributed by atoms with Crippen LogP contribution in [0.2, 0.25) is 0 Å². The molecule has 138 valence electrons. The van der Waals surface area contributed by atoms with Crippen molar-refractivity contribution < 1.29 is 9.59 Å². The number of hydrogen-bond donors (Lipinski definition) is 1. The molecule has 0 radical (unpaired) electrons. The van der Waals surface area contributed by atoms with Gasteiger partial charge in [-0.25, -0.2) is 4.98 Å². The second-order valence-corrected chi connectivity index (χ2v) is 6.82. The molecule has 7 heteroatoms. The number of likely N-dealkylation sites (N-methyl/N-ethyl adjacent to an activating group) is 1. The SMILES string of the molecule is CN(CCc1ccncc1)C(=O)c1nc(C(=O)NC2CC2)n2ccccc12. The van der Waals surface area contributed by atoms with E-state index in [2.05, 4.69) is 15.3 Å². The fourth-order valence-electron chi connectivity index (χ4n) is 2.96. The first kappa shape index (κ1) is 17.2. The molecule has 0 spiro atoms. The standard InChI is InChI=1S/C20H21N5O2/c1-24(13-9-14-7-10-21-11-8-14)20(27)17-16-4-2-3-12-25(16)18(23-17)19(26)22-15-5-6-15/h2-4,7-8,10-12,15H,5-6,9,13H2,1H3,(H,22,26). The largest absolute Gasteiger partial charge is 0.347 e. The lowest BCUT2D eigenvalue weighted by molar-refractivity contribution is 0.0793. The molecule has 3 aromatic heterocycles. The van der Waals surface area contributed by atoms with E-state index in [1.807, 2.05) is 30.3 Å². The zero-order valence-corrected chi connectivity index (χ0v) is 15.1. The number of rotatable bonds is 6. The van der Waals surface area contributed by atoms with Gasteiger partial charge in [0.25, 0.3) is 11.8 Å². The zero-order chi connectivity index (χ0) is 18.8. The third-order valence-corrected chi connectivity index (χ3v) is 4.70. The minimum Gasteiger partial charge on any atom is -0.347 e. The Hall–Kier alpha value is -3.22. The second kappa shape index (κ2) is 7.19. The van der Waals surface area contributed by atoms with E-state index < -0.39 is 0 Å². The number of fused-ring (bicyclic) bond motifs is 1. The first-order valence-electron chi connectivity index (χ1n) is 9.06. The molecule has 3 aromatic rings. The topological polar surface area (TPSA) is 79.6 Å². The van der Waals surface area contributed by atoms with E-state index in [0.717, 1.165) is 24.8 Å². The predicted octanol–water partition coefficient (Wildman–Crippen LogP) is 1.94. The lowest BCUT2D eigenvalue weighted by atomic mass is 10.2. The highest BCUT2D eigenvalue weighted by molar-refractivity contribution is 6.02. The Labute approximate surface area is 157 Å². The second-order valence-electron chi connectivity index (χ2n) is 6.82. The molecule has 7 nitrogen and oxygen atoms in total. The van der Waals surface area contributed by atoms with Gasteiger partial charge < -0.3 is 10.2 Å². The van der Waals surface area contributed by atoms with Crippen LogP contribution in [-0.4, -0.2) is 50.7 Å². The van der Waals surface area contributed by atoms with E-state index in [0.29, 0.717) is 17.8 Å². The quantitative estimate of drug-likeness (QED) is 0.726. The summed E-state index contributed by atoms with van der Waals surface area (Å²) in [6.45, 7) is 0.554. The van der Waals surface area contributed by atoms with Gasteiger partial charge in [0.2, 0.25) is 5.82 Å². The van der Waals surface area contributed by atoms with Gasteiger partial charge in [-0.3, -0.25) is 19.0 Å². The number of imidazole rings is 1. The number of pyridine rings is 2. The Kier molecular flexibility index (Phi) is 4.58. The van der Waals surface area contributed by atoms with Crippen molar-refractivity contribution in [2.45, 2.75) is 25.3 Å². The monoisotopic (exact) mass is 363 g/mol. The Balaban J connectivity index is 1.56. The molecule has 1 aliphatic rings. The van der Waals surface area contributed by atoms with Gasteiger partial charge in [-0.2, -0.15) is 0 Å². The fraction of sp³-hybridized carbons (Fsp3) is 0.300. The van der Waals surface area contributed by atoms with Gasteiger partial charge in [0.15, 0.2) is 5.69 Å². The van der Waals surface area contributed by atoms with Crippen LogP contribution in [0.15, 0.2) is 48.9 Å². The van der Waals surface area contributed by atoms with E-state index in [-0.39, 0.29) is 23.7 Å². The molecule has 1 fully saturated rings. The van der Waals surface area contributed by atoms with Crippen LogP contribution < -0.4 is 5.32 Å². The average Bonchev–Trinajstić information content (AvgIpc) is 3.43. The van der Waals surface area contributed by atoms with Crippen molar-refractivity contribution >= 4 is 17.3 Å². The Bertz CT molecular complexity index is 978. The molecule has 0 atom stereocenters. The number of hydrogen-bond acceptors (Lipinski definition) is 4. The molecule has 1 aliphatic carbocycles. The van der Waals surface area contributed by atoms with Crippen molar-refractivity contribution in [3.8, 4) is 0 Å². The average molecular weight is 363 g/mol. The molecule has 2 amide bonds. The van der Waals surface area contributed by atoms with E-state index in [9.17, 15) is 9.59 Å². The van der Waals surface area contributed by atoms with Crippen LogP contribution in [0, 0.1) is 0 Å². The van der Waals surface area contributed by atoms with Gasteiger partial charge in [-0.1, -0.05) is 6.07 Å². The Morgan fingerprint density at radius 2 is 2.00 bits per heavy atom. The third-order valence-electron chi connectivity index (χ3n) is 4.70. The van der Waals surface area contributed by atoms with Crippen LogP contribution in [0.25, 0.3) is 5.52 Å². The van der Waals surface area contributed by atoms with Crippen molar-refractivity contribution in [1.29, 1.82) is 0 Å². The van der Waals surface area contributed by atoms with E-state index in [1.54, 1.807) is 34.9 Å². The van der Waals surface area contributed by atoms with Crippen molar-refractivity contribution in [2.75, 3.05) is 13.6 Å². The maximum absolute atomic E-state index is 13.0. The molecule has 3 heterocycles. The summed E-state index contributed by atoms with van der Waals surface area (Å²) < 4.78 is 1.68. The zero-order valence-electron chi connectivity index (χ0n) is 15.1. The van der Waals surface area contributed by atoms with Gasteiger partial charge in [0.1, 0.15) is 0 Å². The minimum absolute atomic E-state index is 0.196. The molecule has 0 unspecified atom stereocenters. The van der Waals surface area contributed by atoms with Crippen molar-refractivity contribution in [3.05, 3.63) is 66.0 Å². The van der Waals surface area contributed by atoms with E-state index in [1.165, 1.54) is 0 Å². The molecule has 1 N–H and O–H groups in total. The van der Waals surface area contributed by atoms with Crippen LogP contribution in [-0.2, 0) is 6.42 Å². The lowest BCUT2D eigenvalue weighted by Crippen LogP contribution is -2.30. The molecule has 27 heavy (non-hydrogen) atoms. The van der Waals surface area contributed by atoms with Gasteiger partial charge >= 0.3 is 0 Å². The normalized spacial score (nSPS) is 13.5. The van der Waals surface area contributed by atoms with Crippen molar-refractivity contribution in [3.63, 3.8) is 0 Å². The highest BCUT2D eigenvalue weighted by atomic mass is 16.2. The summed E-state index contributed by atoms with van der Waals surface area (Å²) in [5.41, 5.74) is 2.05. The summed E-state index contributed by atoms with van der Waals surface area (Å²) >= 11 is 0. The molecule has 1 saturated carbocycles. The Morgan fingerprint density at radius 1 is 1.22 bits per heavy atom. The number of carbonyl (C=O) groups excluding carboxylic acids is 2. The summed E-state index contributed by atoms with van der Waals surface area (Å²) in [4.78, 5) is 35.5. The fourth-order valence-corrected chi connectivity index (χ4v) is 2.96. The number of amides is 2. The molecule has 0 bridgehead atoms. The van der Waals surface area contributed by atoms with Gasteiger partial charge in [-0.05, 0) is 49.1 Å². The van der Waals surface area contributed by atoms with Crippen LogP contribution in [0.4, 0.5) is 0 Å². The highest BCUT2D eigenvalue weighted by Crippen LogP contribution is 2.20. The summed E-state index contributed by atoms with van der Waals surface area (Å²) in [6, 6.07) is 9.58. The number of carbonyl (C=O) groups is 2. The maximum atomic E-state index is 13.0. The minimum atomic E-state index is -0.239. The first-order chi connectivity index (χ1) is 13.1. The highest BCUT2D eigenvalue weighted by Gasteiger charge is 2.28. The first-order valence-corrected chi connectivity index (χ1v) is 9.06. The van der Waals surface area contributed by atoms with Gasteiger partial charge in [0, 0.05) is 38.2 Å². The number of nitrogens with one attached hydrogen (secondary N) is 1. The van der Waals surface area contributed by atoms with Gasteiger partial charge in [0.05, 0.1) is 5.52 Å². The predicted molar refractivity (Wildman–Crippen MR) is 101 cm³/mol. The summed E-state index contributed by atoms with van der Waals surface area (Å²) in [7, 11) is 1.75. The molecule has 0 aromatic carbocycles. The van der Waals surface area contributed by atoms with Crippen LogP contribution in [0.1, 0.15) is 39.5 Å². The molecule has 0 aliphatic heterocycles. The van der Waals surface area contributed by atoms with Crippen LogP contribution in [0.3, 0.4) is 0 Å². The smallest absolute Gasteiger partial charge is 0.287 e. The lowest BCUT2D eigenvalue weighted by Gasteiger charge is -2.16. The molecule has 4 rings (SSSR count). The van der Waals surface area contributed by atoms with Crippen LogP contribution >= 0.6 is 0 Å². The summed E-state index contributed by atoms with van der Waals surface area (Å²) in [5.74, 6) is -0.182. The molecular weight excluding hydrogens is 342 g/mol. The number of aromatic nitrogens is 3. The molecule has 0 saturated heterocycles. The Morgan fingerprint density at radius 3 is 2.74 bits per heavy atom. The van der Waals surface area contributed by atoms with E-state index in [4.69, 9.17) is 0 Å². The molecular formula is C20H21N5O2. The van der Waals surface area contributed by atoms with Gasteiger partial charge in [-0.15, -0.1) is 0 Å². The summed E-state index contributed by atoms with van der Waals surface area (Å²) in [6.07, 6.45) is 7.97. The summed E-state index contributed by atoms with van der Waals surface area (Å²) in [5, 5.41) is 2.94. The van der Waals surface area contributed by atoms with Crippen molar-refractivity contribution in [1.82, 2.24) is 24.6 Å². The van der Waals surface area contributed by atoms with E-state index >= 15 is 0 Å². The number of nitrogens with zero attached hydrogens (tertiary/aromatic N) is 4.